The van der Waals surface area contributed by atoms with E-state index < -0.39 is 5.97 Å². The molecule has 1 aliphatic rings. The second-order valence-electron chi connectivity index (χ2n) is 5.34. The maximum absolute atomic E-state index is 11.3. The van der Waals surface area contributed by atoms with Crippen molar-refractivity contribution in [1.82, 2.24) is 4.98 Å². The van der Waals surface area contributed by atoms with E-state index in [9.17, 15) is 9.90 Å². The summed E-state index contributed by atoms with van der Waals surface area (Å²) in [7, 11) is 1.64. The number of hydrogen-bond donors (Lipinski definition) is 1. The average molecular weight is 286 g/mol. The van der Waals surface area contributed by atoms with Crippen LogP contribution in [-0.2, 0) is 4.79 Å². The SMILES string of the molecule is COc1ccc2ccncc2c1N1CCCC(C(=O)O)C1. The quantitative estimate of drug-likeness (QED) is 0.939. The minimum absolute atomic E-state index is 0.324. The fourth-order valence-electron chi connectivity index (χ4n) is 3.00. The first-order valence-electron chi connectivity index (χ1n) is 7.09. The fourth-order valence-corrected chi connectivity index (χ4v) is 3.00. The Labute approximate surface area is 123 Å². The number of benzene rings is 1. The third-order valence-electron chi connectivity index (χ3n) is 4.06. The third-order valence-corrected chi connectivity index (χ3v) is 4.06. The minimum atomic E-state index is -0.725. The maximum Gasteiger partial charge on any atom is 0.308 e. The van der Waals surface area contributed by atoms with Gasteiger partial charge in [0, 0.05) is 30.9 Å². The number of hydrogen-bond acceptors (Lipinski definition) is 4. The molecule has 0 aliphatic carbocycles. The van der Waals surface area contributed by atoms with E-state index in [4.69, 9.17) is 4.74 Å². The number of nitrogens with zero attached hydrogens (tertiary/aromatic N) is 2. The average Bonchev–Trinajstić information content (AvgIpc) is 2.53. The highest BCUT2D eigenvalue weighted by Gasteiger charge is 2.27. The number of pyridine rings is 1. The zero-order valence-corrected chi connectivity index (χ0v) is 12.0. The van der Waals surface area contributed by atoms with E-state index in [1.807, 2.05) is 24.4 Å². The lowest BCUT2D eigenvalue weighted by molar-refractivity contribution is -0.141. The van der Waals surface area contributed by atoms with Crippen molar-refractivity contribution in [1.29, 1.82) is 0 Å². The molecule has 0 spiro atoms. The Balaban J connectivity index is 2.07. The van der Waals surface area contributed by atoms with Crippen LogP contribution in [0.5, 0.6) is 5.75 Å². The summed E-state index contributed by atoms with van der Waals surface area (Å²) in [5.41, 5.74) is 0.953. The summed E-state index contributed by atoms with van der Waals surface area (Å²) >= 11 is 0. The van der Waals surface area contributed by atoms with Crippen LogP contribution < -0.4 is 9.64 Å². The molecule has 1 aliphatic heterocycles. The Morgan fingerprint density at radius 2 is 2.29 bits per heavy atom. The smallest absolute Gasteiger partial charge is 0.308 e. The molecule has 1 aromatic heterocycles. The third kappa shape index (κ3) is 2.51. The summed E-state index contributed by atoms with van der Waals surface area (Å²) in [4.78, 5) is 17.6. The molecule has 0 saturated carbocycles. The van der Waals surface area contributed by atoms with E-state index >= 15 is 0 Å². The van der Waals surface area contributed by atoms with Crippen LogP contribution in [0, 0.1) is 5.92 Å². The summed E-state index contributed by atoms with van der Waals surface area (Å²) in [5.74, 6) is -0.283. The number of rotatable bonds is 3. The maximum atomic E-state index is 11.3. The number of carbonyl (C=O) groups is 1. The van der Waals surface area contributed by atoms with Crippen molar-refractivity contribution in [2.24, 2.45) is 5.92 Å². The Morgan fingerprint density at radius 3 is 3.05 bits per heavy atom. The normalized spacial score (nSPS) is 18.7. The Kier molecular flexibility index (Phi) is 3.64. The van der Waals surface area contributed by atoms with Crippen LogP contribution in [0.3, 0.4) is 0 Å². The van der Waals surface area contributed by atoms with E-state index in [1.165, 1.54) is 0 Å². The molecule has 0 amide bonds. The van der Waals surface area contributed by atoms with E-state index in [0.717, 1.165) is 41.6 Å². The van der Waals surface area contributed by atoms with Gasteiger partial charge in [0.2, 0.25) is 0 Å². The summed E-state index contributed by atoms with van der Waals surface area (Å²) < 4.78 is 5.49. The topological polar surface area (TPSA) is 62.7 Å². The van der Waals surface area contributed by atoms with Gasteiger partial charge in [-0.1, -0.05) is 6.07 Å². The number of fused-ring (bicyclic) bond motifs is 1. The Bertz CT molecular complexity index is 672. The molecule has 110 valence electrons. The molecule has 2 heterocycles. The van der Waals surface area contributed by atoms with E-state index in [-0.39, 0.29) is 5.92 Å². The van der Waals surface area contributed by atoms with Gasteiger partial charge >= 0.3 is 5.97 Å². The number of ether oxygens (including phenoxy) is 1. The van der Waals surface area contributed by atoms with Gasteiger partial charge in [-0.25, -0.2) is 0 Å². The molecular formula is C16H18N2O3. The highest BCUT2D eigenvalue weighted by atomic mass is 16.5. The molecule has 2 aromatic rings. The van der Waals surface area contributed by atoms with Crippen LogP contribution in [0.1, 0.15) is 12.8 Å². The van der Waals surface area contributed by atoms with Crippen LogP contribution in [0.4, 0.5) is 5.69 Å². The molecule has 3 rings (SSSR count). The van der Waals surface area contributed by atoms with Crippen LogP contribution >= 0.6 is 0 Å². The molecule has 0 bridgehead atoms. The van der Waals surface area contributed by atoms with E-state index in [0.29, 0.717) is 6.54 Å². The number of carboxylic acid groups (broad SMARTS) is 1. The van der Waals surface area contributed by atoms with Crippen LogP contribution in [0.15, 0.2) is 30.6 Å². The zero-order valence-electron chi connectivity index (χ0n) is 12.0. The lowest BCUT2D eigenvalue weighted by Crippen LogP contribution is -2.39. The standard InChI is InChI=1S/C16H18N2O3/c1-21-14-5-4-11-6-7-17-9-13(11)15(14)18-8-2-3-12(10-18)16(19)20/h4-7,9,12H,2-3,8,10H2,1H3,(H,19,20). The monoisotopic (exact) mass is 286 g/mol. The largest absolute Gasteiger partial charge is 0.495 e. The van der Waals surface area contributed by atoms with Crippen LogP contribution in [-0.4, -0.2) is 36.3 Å². The molecule has 1 N–H and O–H groups in total. The molecule has 5 nitrogen and oxygen atoms in total. The van der Waals surface area contributed by atoms with Crippen molar-refractivity contribution in [3.05, 3.63) is 30.6 Å². The molecule has 1 saturated heterocycles. The summed E-state index contributed by atoms with van der Waals surface area (Å²) in [5, 5.41) is 11.4. The molecule has 1 atom stereocenters. The van der Waals surface area contributed by atoms with Crippen LogP contribution in [0.2, 0.25) is 0 Å². The van der Waals surface area contributed by atoms with Gasteiger partial charge in [-0.3, -0.25) is 9.78 Å². The number of aromatic nitrogens is 1. The highest BCUT2D eigenvalue weighted by molar-refractivity contribution is 5.97. The van der Waals surface area contributed by atoms with E-state index in [1.54, 1.807) is 13.3 Å². The first kappa shape index (κ1) is 13.7. The van der Waals surface area contributed by atoms with Gasteiger partial charge in [0.25, 0.3) is 0 Å². The molecule has 5 heteroatoms. The Morgan fingerprint density at radius 1 is 1.43 bits per heavy atom. The van der Waals surface area contributed by atoms with Crippen molar-refractivity contribution >= 4 is 22.4 Å². The summed E-state index contributed by atoms with van der Waals surface area (Å²) in [6.07, 6.45) is 5.18. The van der Waals surface area contributed by atoms with Gasteiger partial charge < -0.3 is 14.7 Å². The second-order valence-corrected chi connectivity index (χ2v) is 5.34. The first-order valence-corrected chi connectivity index (χ1v) is 7.09. The predicted molar refractivity (Wildman–Crippen MR) is 80.9 cm³/mol. The fraction of sp³-hybridized carbons (Fsp3) is 0.375. The summed E-state index contributed by atoms with van der Waals surface area (Å²) in [6.45, 7) is 1.36. The molecule has 1 fully saturated rings. The number of aliphatic carboxylic acids is 1. The molecule has 21 heavy (non-hydrogen) atoms. The van der Waals surface area contributed by atoms with Crippen molar-refractivity contribution in [3.63, 3.8) is 0 Å². The lowest BCUT2D eigenvalue weighted by Gasteiger charge is -2.34. The van der Waals surface area contributed by atoms with Gasteiger partial charge in [-0.2, -0.15) is 0 Å². The van der Waals surface area contributed by atoms with Crippen molar-refractivity contribution in [3.8, 4) is 5.75 Å². The molecular weight excluding hydrogens is 268 g/mol. The van der Waals surface area contributed by atoms with Crippen molar-refractivity contribution < 1.29 is 14.6 Å². The van der Waals surface area contributed by atoms with E-state index in [2.05, 4.69) is 9.88 Å². The van der Waals surface area contributed by atoms with Crippen molar-refractivity contribution in [2.45, 2.75) is 12.8 Å². The van der Waals surface area contributed by atoms with Gasteiger partial charge in [0.15, 0.2) is 0 Å². The minimum Gasteiger partial charge on any atom is -0.495 e. The van der Waals surface area contributed by atoms with Crippen LogP contribution in [0.25, 0.3) is 10.8 Å². The Hall–Kier alpha value is -2.30. The zero-order chi connectivity index (χ0) is 14.8. The number of carboxylic acids is 1. The second kappa shape index (κ2) is 5.60. The number of methoxy groups -OCH3 is 1. The molecule has 1 aromatic carbocycles. The first-order chi connectivity index (χ1) is 10.2. The number of piperidine rings is 1. The molecule has 0 radical (unpaired) electrons. The lowest BCUT2D eigenvalue weighted by atomic mass is 9.97. The van der Waals surface area contributed by atoms with Gasteiger partial charge in [-0.15, -0.1) is 0 Å². The predicted octanol–water partition coefficient (Wildman–Crippen LogP) is 2.54. The highest BCUT2D eigenvalue weighted by Crippen LogP contribution is 2.37. The van der Waals surface area contributed by atoms with Gasteiger partial charge in [-0.05, 0) is 30.4 Å². The van der Waals surface area contributed by atoms with Gasteiger partial charge in [0.1, 0.15) is 5.75 Å². The van der Waals surface area contributed by atoms with Gasteiger partial charge in [0.05, 0.1) is 18.7 Å². The van der Waals surface area contributed by atoms with Crippen molar-refractivity contribution in [2.75, 3.05) is 25.1 Å². The number of anilines is 1. The molecule has 1 unspecified atom stereocenters. The summed E-state index contributed by atoms with van der Waals surface area (Å²) in [6, 6.07) is 5.89.